The lowest BCUT2D eigenvalue weighted by atomic mass is 10.0. The van der Waals surface area contributed by atoms with Gasteiger partial charge in [-0.1, -0.05) is 12.1 Å². The van der Waals surface area contributed by atoms with Crippen molar-refractivity contribution < 1.29 is 19.1 Å². The number of amides is 2. The molecule has 2 aromatic carbocycles. The number of nitrogens with one attached hydrogen (secondary N) is 1. The molecule has 0 unspecified atom stereocenters. The molecule has 0 saturated heterocycles. The summed E-state index contributed by atoms with van der Waals surface area (Å²) in [7, 11) is 0. The highest BCUT2D eigenvalue weighted by molar-refractivity contribution is 14.1. The molecule has 3 rings (SSSR count). The molecule has 2 amide bonds. The van der Waals surface area contributed by atoms with Crippen LogP contribution in [-0.4, -0.2) is 17.8 Å². The minimum atomic E-state index is -0.467. The maximum Gasteiger partial charge on any atom is 0.310 e. The van der Waals surface area contributed by atoms with Crippen LogP contribution < -0.4 is 5.32 Å². The standard InChI is InChI=1S/C17H10I3NO4/c18-9-5-12(19)11(13(20)6-9)7-25-14(22)4-8-2-1-3-10-15(8)17(24)21-16(10)23/h1-3,5-6H,4,7H2,(H,21,23,24). The van der Waals surface area contributed by atoms with Crippen LogP contribution in [0.4, 0.5) is 0 Å². The first-order chi connectivity index (χ1) is 11.9. The number of imide groups is 1. The van der Waals surface area contributed by atoms with Gasteiger partial charge in [-0.15, -0.1) is 0 Å². The van der Waals surface area contributed by atoms with Gasteiger partial charge < -0.3 is 4.74 Å². The molecule has 0 atom stereocenters. The van der Waals surface area contributed by atoms with Gasteiger partial charge in [0.05, 0.1) is 17.5 Å². The smallest absolute Gasteiger partial charge is 0.310 e. The monoisotopic (exact) mass is 673 g/mol. The van der Waals surface area contributed by atoms with E-state index in [1.165, 1.54) is 0 Å². The summed E-state index contributed by atoms with van der Waals surface area (Å²) in [4.78, 5) is 35.8. The van der Waals surface area contributed by atoms with E-state index in [9.17, 15) is 14.4 Å². The number of rotatable bonds is 4. The summed E-state index contributed by atoms with van der Waals surface area (Å²) in [5, 5.41) is 2.24. The molecule has 0 bridgehead atoms. The highest BCUT2D eigenvalue weighted by Crippen LogP contribution is 2.24. The number of benzene rings is 2. The lowest BCUT2D eigenvalue weighted by Gasteiger charge is -2.10. The number of carbonyl (C=O) groups is 3. The number of esters is 1. The summed E-state index contributed by atoms with van der Waals surface area (Å²) >= 11 is 6.68. The summed E-state index contributed by atoms with van der Waals surface area (Å²) < 4.78 is 8.58. The van der Waals surface area contributed by atoms with Crippen LogP contribution in [0, 0.1) is 10.7 Å². The van der Waals surface area contributed by atoms with Crippen molar-refractivity contribution in [2.75, 3.05) is 0 Å². The molecular weight excluding hydrogens is 663 g/mol. The zero-order valence-corrected chi connectivity index (χ0v) is 19.0. The van der Waals surface area contributed by atoms with Gasteiger partial charge in [0.1, 0.15) is 6.61 Å². The molecule has 0 saturated carbocycles. The fourth-order valence-electron chi connectivity index (χ4n) is 2.51. The predicted octanol–water partition coefficient (Wildman–Crippen LogP) is 3.67. The van der Waals surface area contributed by atoms with Crippen molar-refractivity contribution in [3.05, 3.63) is 63.3 Å². The number of hydrogen-bond donors (Lipinski definition) is 1. The first-order valence-corrected chi connectivity index (χ1v) is 10.4. The zero-order valence-electron chi connectivity index (χ0n) is 12.6. The Balaban J connectivity index is 1.73. The van der Waals surface area contributed by atoms with E-state index < -0.39 is 17.8 Å². The highest BCUT2D eigenvalue weighted by Gasteiger charge is 2.29. The van der Waals surface area contributed by atoms with Gasteiger partial charge in [-0.05, 0) is 91.5 Å². The molecule has 0 fully saturated rings. The van der Waals surface area contributed by atoms with Crippen molar-refractivity contribution in [1.82, 2.24) is 5.32 Å². The number of hydrogen-bond acceptors (Lipinski definition) is 4. The minimum absolute atomic E-state index is 0.0542. The fourth-order valence-corrected chi connectivity index (χ4v) is 6.40. The average molecular weight is 673 g/mol. The Morgan fingerprint density at radius 2 is 1.72 bits per heavy atom. The third-order valence-electron chi connectivity index (χ3n) is 3.67. The van der Waals surface area contributed by atoms with Gasteiger partial charge >= 0.3 is 5.97 Å². The lowest BCUT2D eigenvalue weighted by molar-refractivity contribution is -0.144. The van der Waals surface area contributed by atoms with Gasteiger partial charge in [0, 0.05) is 16.3 Å². The van der Waals surface area contributed by atoms with Crippen molar-refractivity contribution in [2.45, 2.75) is 13.0 Å². The Bertz CT molecular complexity index is 888. The normalized spacial score (nSPS) is 12.8. The largest absolute Gasteiger partial charge is 0.460 e. The topological polar surface area (TPSA) is 72.5 Å². The zero-order chi connectivity index (χ0) is 18.1. The molecule has 0 aromatic heterocycles. The summed E-state index contributed by atoms with van der Waals surface area (Å²) in [6, 6.07) is 8.93. The molecule has 2 aromatic rings. The van der Waals surface area contributed by atoms with Crippen LogP contribution in [0.25, 0.3) is 0 Å². The van der Waals surface area contributed by atoms with Crippen molar-refractivity contribution in [1.29, 1.82) is 0 Å². The highest BCUT2D eigenvalue weighted by atomic mass is 127. The Labute approximate surface area is 184 Å². The molecule has 0 aliphatic carbocycles. The fraction of sp³-hybridized carbons (Fsp3) is 0.118. The van der Waals surface area contributed by atoms with Crippen LogP contribution in [0.1, 0.15) is 31.8 Å². The molecule has 1 N–H and O–H groups in total. The second kappa shape index (κ2) is 7.86. The van der Waals surface area contributed by atoms with E-state index in [4.69, 9.17) is 4.74 Å². The second-order valence-electron chi connectivity index (χ2n) is 5.31. The molecule has 128 valence electrons. The van der Waals surface area contributed by atoms with Crippen molar-refractivity contribution in [2.24, 2.45) is 0 Å². The molecule has 1 heterocycles. The van der Waals surface area contributed by atoms with E-state index >= 15 is 0 Å². The van der Waals surface area contributed by atoms with Gasteiger partial charge in [-0.3, -0.25) is 19.7 Å². The van der Waals surface area contributed by atoms with Gasteiger partial charge in [0.15, 0.2) is 0 Å². The Morgan fingerprint density at radius 1 is 1.04 bits per heavy atom. The maximum atomic E-state index is 12.2. The molecule has 25 heavy (non-hydrogen) atoms. The molecule has 8 heteroatoms. The van der Waals surface area contributed by atoms with Crippen LogP contribution in [0.15, 0.2) is 30.3 Å². The SMILES string of the molecule is O=C(Cc1cccc2c1C(=O)NC2=O)OCc1c(I)cc(I)cc1I. The third-order valence-corrected chi connectivity index (χ3v) is 6.22. The van der Waals surface area contributed by atoms with E-state index in [1.807, 2.05) is 12.1 Å². The summed E-state index contributed by atoms with van der Waals surface area (Å²) in [5.74, 6) is -1.34. The molecule has 1 aliphatic rings. The van der Waals surface area contributed by atoms with E-state index in [0.717, 1.165) is 16.3 Å². The summed E-state index contributed by atoms with van der Waals surface area (Å²) in [6.45, 7) is 0.173. The Morgan fingerprint density at radius 3 is 2.40 bits per heavy atom. The summed E-state index contributed by atoms with van der Waals surface area (Å²) in [6.07, 6.45) is -0.0542. The number of halogens is 3. The lowest BCUT2D eigenvalue weighted by Crippen LogP contribution is -2.20. The summed E-state index contributed by atoms with van der Waals surface area (Å²) in [5.41, 5.74) is 2.03. The quantitative estimate of drug-likeness (QED) is 0.306. The van der Waals surface area contributed by atoms with E-state index in [2.05, 4.69) is 73.1 Å². The molecular formula is C17H10I3NO4. The average Bonchev–Trinajstić information content (AvgIpc) is 2.82. The number of carbonyl (C=O) groups excluding carboxylic acids is 3. The van der Waals surface area contributed by atoms with Crippen LogP contribution in [0.5, 0.6) is 0 Å². The van der Waals surface area contributed by atoms with Gasteiger partial charge in [-0.25, -0.2) is 0 Å². The second-order valence-corrected chi connectivity index (χ2v) is 8.88. The first kappa shape index (κ1) is 19.0. The first-order valence-electron chi connectivity index (χ1n) is 7.13. The van der Waals surface area contributed by atoms with Crippen LogP contribution in [0.2, 0.25) is 0 Å². The third kappa shape index (κ3) is 4.15. The molecule has 0 radical (unpaired) electrons. The van der Waals surface area contributed by atoms with Gasteiger partial charge in [0.25, 0.3) is 11.8 Å². The van der Waals surface area contributed by atoms with Gasteiger partial charge in [0.2, 0.25) is 0 Å². The molecule has 5 nitrogen and oxygen atoms in total. The van der Waals surface area contributed by atoms with Crippen LogP contribution in [0.3, 0.4) is 0 Å². The van der Waals surface area contributed by atoms with Crippen LogP contribution in [-0.2, 0) is 22.6 Å². The van der Waals surface area contributed by atoms with Crippen molar-refractivity contribution in [3.8, 4) is 0 Å². The van der Waals surface area contributed by atoms with Gasteiger partial charge in [-0.2, -0.15) is 0 Å². The number of ether oxygens (including phenoxy) is 1. The predicted molar refractivity (Wildman–Crippen MR) is 116 cm³/mol. The molecule has 1 aliphatic heterocycles. The van der Waals surface area contributed by atoms with E-state index in [-0.39, 0.29) is 18.6 Å². The van der Waals surface area contributed by atoms with Crippen molar-refractivity contribution >= 4 is 85.6 Å². The van der Waals surface area contributed by atoms with E-state index in [0.29, 0.717) is 11.1 Å². The van der Waals surface area contributed by atoms with Crippen LogP contribution >= 0.6 is 67.8 Å². The maximum absolute atomic E-state index is 12.2. The Hall–Kier alpha value is -0.760. The molecule has 0 spiro atoms. The Kier molecular flexibility index (Phi) is 5.98. The minimum Gasteiger partial charge on any atom is -0.460 e. The number of fused-ring (bicyclic) bond motifs is 1. The van der Waals surface area contributed by atoms with Crippen molar-refractivity contribution in [3.63, 3.8) is 0 Å². The van der Waals surface area contributed by atoms with E-state index in [1.54, 1.807) is 18.2 Å².